The lowest BCUT2D eigenvalue weighted by Crippen LogP contribution is -2.26. The molecule has 0 saturated carbocycles. The third kappa shape index (κ3) is 3.44. The lowest BCUT2D eigenvalue weighted by Gasteiger charge is -2.19. The number of fused-ring (bicyclic) bond motifs is 1. The molecule has 0 aromatic carbocycles. The van der Waals surface area contributed by atoms with Gasteiger partial charge in [0.25, 0.3) is 0 Å². The number of rotatable bonds is 7. The Kier molecular flexibility index (Phi) is 4.83. The molecule has 0 fully saturated rings. The number of alkyl halides is 1. The van der Waals surface area contributed by atoms with Crippen LogP contribution in [0, 0.1) is 0 Å². The van der Waals surface area contributed by atoms with Crippen molar-refractivity contribution in [2.24, 2.45) is 0 Å². The molecular weight excluding hydrogens is 254 g/mol. The van der Waals surface area contributed by atoms with Gasteiger partial charge in [-0.1, -0.05) is 13.3 Å². The zero-order chi connectivity index (χ0) is 12.1. The Bertz CT molecular complexity index is 423. The summed E-state index contributed by atoms with van der Waals surface area (Å²) in [7, 11) is 0. The number of aromatic nitrogens is 2. The number of hydrogen-bond acceptors (Lipinski definition) is 3. The molecule has 0 bridgehead atoms. The highest BCUT2D eigenvalue weighted by Gasteiger charge is 2.08. The molecular formula is C12H18ClN3S. The number of nitrogens with zero attached hydrogens (tertiary/aromatic N) is 3. The van der Waals surface area contributed by atoms with Crippen LogP contribution in [0.25, 0.3) is 4.96 Å². The maximum Gasteiger partial charge on any atom is 0.193 e. The lowest BCUT2D eigenvalue weighted by atomic mass is 10.3. The Balaban J connectivity index is 1.98. The second-order valence-corrected chi connectivity index (χ2v) is 5.39. The van der Waals surface area contributed by atoms with Crippen molar-refractivity contribution < 1.29 is 0 Å². The molecule has 3 nitrogen and oxygen atoms in total. The van der Waals surface area contributed by atoms with Crippen LogP contribution in [-0.2, 0) is 6.54 Å². The summed E-state index contributed by atoms with van der Waals surface area (Å²) in [6, 6.07) is 0. The van der Waals surface area contributed by atoms with Gasteiger partial charge in [0, 0.05) is 36.7 Å². The van der Waals surface area contributed by atoms with Gasteiger partial charge in [-0.05, 0) is 13.0 Å². The van der Waals surface area contributed by atoms with Gasteiger partial charge < -0.3 is 0 Å². The molecule has 0 spiro atoms. The molecule has 0 aliphatic carbocycles. The Hall–Kier alpha value is -0.580. The van der Waals surface area contributed by atoms with Crippen LogP contribution in [0.1, 0.15) is 25.5 Å². The van der Waals surface area contributed by atoms with Crippen molar-refractivity contribution in [3.05, 3.63) is 23.5 Å². The molecule has 5 heteroatoms. The van der Waals surface area contributed by atoms with E-state index in [-0.39, 0.29) is 0 Å². The van der Waals surface area contributed by atoms with E-state index in [4.69, 9.17) is 11.6 Å². The van der Waals surface area contributed by atoms with E-state index in [1.807, 2.05) is 0 Å². The second-order valence-electron chi connectivity index (χ2n) is 4.14. The SMILES string of the molecule is CCCCN(CCCl)Cc1cn2ccsc2n1. The lowest BCUT2D eigenvalue weighted by molar-refractivity contribution is 0.274. The summed E-state index contributed by atoms with van der Waals surface area (Å²) in [4.78, 5) is 8.05. The highest BCUT2D eigenvalue weighted by Crippen LogP contribution is 2.13. The van der Waals surface area contributed by atoms with Gasteiger partial charge in [0.05, 0.1) is 5.69 Å². The average Bonchev–Trinajstić information content (AvgIpc) is 2.86. The van der Waals surface area contributed by atoms with E-state index < -0.39 is 0 Å². The quantitative estimate of drug-likeness (QED) is 0.721. The highest BCUT2D eigenvalue weighted by atomic mass is 35.5. The normalized spacial score (nSPS) is 11.7. The van der Waals surface area contributed by atoms with E-state index in [0.29, 0.717) is 5.88 Å². The summed E-state index contributed by atoms with van der Waals surface area (Å²) in [6.45, 7) is 5.16. The third-order valence-corrected chi connectivity index (χ3v) is 3.70. The molecule has 2 heterocycles. The van der Waals surface area contributed by atoms with Gasteiger partial charge in [-0.15, -0.1) is 22.9 Å². The summed E-state index contributed by atoms with van der Waals surface area (Å²) in [5, 5.41) is 2.06. The molecule has 0 aliphatic rings. The number of halogens is 1. The van der Waals surface area contributed by atoms with E-state index in [0.717, 1.165) is 30.3 Å². The van der Waals surface area contributed by atoms with Crippen LogP contribution < -0.4 is 0 Å². The Labute approximate surface area is 111 Å². The molecule has 0 unspecified atom stereocenters. The van der Waals surface area contributed by atoms with Gasteiger partial charge in [-0.25, -0.2) is 4.98 Å². The minimum absolute atomic E-state index is 0.686. The summed E-state index contributed by atoms with van der Waals surface area (Å²) in [5.74, 6) is 0.686. The molecule has 0 aliphatic heterocycles. The largest absolute Gasteiger partial charge is 0.297 e. The van der Waals surface area contributed by atoms with Crippen LogP contribution in [0.2, 0.25) is 0 Å². The molecule has 0 atom stereocenters. The van der Waals surface area contributed by atoms with Crippen LogP contribution in [-0.4, -0.2) is 33.3 Å². The van der Waals surface area contributed by atoms with E-state index in [1.165, 1.54) is 12.8 Å². The van der Waals surface area contributed by atoms with E-state index >= 15 is 0 Å². The zero-order valence-corrected chi connectivity index (χ0v) is 11.7. The predicted octanol–water partition coefficient (Wildman–Crippen LogP) is 3.24. The van der Waals surface area contributed by atoms with Crippen molar-refractivity contribution in [1.29, 1.82) is 0 Å². The Morgan fingerprint density at radius 1 is 1.47 bits per heavy atom. The number of thiazole rings is 1. The number of imidazole rings is 1. The molecule has 0 saturated heterocycles. The summed E-state index contributed by atoms with van der Waals surface area (Å²) in [6.07, 6.45) is 6.60. The molecule has 2 rings (SSSR count). The first-order chi connectivity index (χ1) is 8.33. The van der Waals surface area contributed by atoms with Crippen LogP contribution in [0.4, 0.5) is 0 Å². The van der Waals surface area contributed by atoms with E-state index in [1.54, 1.807) is 11.3 Å². The van der Waals surface area contributed by atoms with Gasteiger partial charge in [-0.2, -0.15) is 0 Å². The molecule has 0 amide bonds. The fraction of sp³-hybridized carbons (Fsp3) is 0.583. The van der Waals surface area contributed by atoms with Crippen molar-refractivity contribution in [1.82, 2.24) is 14.3 Å². The first-order valence-electron chi connectivity index (χ1n) is 6.03. The van der Waals surface area contributed by atoms with Crippen molar-refractivity contribution in [3.8, 4) is 0 Å². The van der Waals surface area contributed by atoms with E-state index in [2.05, 4.69) is 39.0 Å². The molecule has 2 aromatic rings. The first kappa shape index (κ1) is 12.9. The van der Waals surface area contributed by atoms with Gasteiger partial charge in [0.2, 0.25) is 0 Å². The zero-order valence-electron chi connectivity index (χ0n) is 10.1. The van der Waals surface area contributed by atoms with Crippen LogP contribution >= 0.6 is 22.9 Å². The average molecular weight is 272 g/mol. The third-order valence-electron chi connectivity index (χ3n) is 2.76. The predicted molar refractivity (Wildman–Crippen MR) is 74.0 cm³/mol. The fourth-order valence-corrected chi connectivity index (χ4v) is 2.81. The second kappa shape index (κ2) is 6.38. The summed E-state index contributed by atoms with van der Waals surface area (Å²) in [5.41, 5.74) is 1.14. The minimum atomic E-state index is 0.686. The molecule has 0 radical (unpaired) electrons. The number of unbranched alkanes of at least 4 members (excludes halogenated alkanes) is 1. The Morgan fingerprint density at radius 3 is 3.06 bits per heavy atom. The minimum Gasteiger partial charge on any atom is -0.297 e. The standard InChI is InChI=1S/C12H18ClN3S/c1-2-3-5-15(6-4-13)9-11-10-16-7-8-17-12(16)14-11/h7-8,10H,2-6,9H2,1H3. The molecule has 0 N–H and O–H groups in total. The van der Waals surface area contributed by atoms with Gasteiger partial charge in [0.1, 0.15) is 0 Å². The topological polar surface area (TPSA) is 20.5 Å². The maximum absolute atomic E-state index is 5.83. The van der Waals surface area contributed by atoms with Gasteiger partial charge in [0.15, 0.2) is 4.96 Å². The van der Waals surface area contributed by atoms with Crippen LogP contribution in [0.5, 0.6) is 0 Å². The van der Waals surface area contributed by atoms with Gasteiger partial charge >= 0.3 is 0 Å². The van der Waals surface area contributed by atoms with Crippen LogP contribution in [0.3, 0.4) is 0 Å². The number of hydrogen-bond donors (Lipinski definition) is 0. The van der Waals surface area contributed by atoms with Crippen molar-refractivity contribution in [2.75, 3.05) is 19.0 Å². The maximum atomic E-state index is 5.83. The smallest absolute Gasteiger partial charge is 0.193 e. The molecule has 17 heavy (non-hydrogen) atoms. The first-order valence-corrected chi connectivity index (χ1v) is 7.44. The summed E-state index contributed by atoms with van der Waals surface area (Å²) >= 11 is 7.51. The molecule has 2 aromatic heterocycles. The monoisotopic (exact) mass is 271 g/mol. The van der Waals surface area contributed by atoms with Crippen molar-refractivity contribution in [2.45, 2.75) is 26.3 Å². The van der Waals surface area contributed by atoms with Gasteiger partial charge in [-0.3, -0.25) is 9.30 Å². The van der Waals surface area contributed by atoms with Crippen LogP contribution in [0.15, 0.2) is 17.8 Å². The van der Waals surface area contributed by atoms with Crippen molar-refractivity contribution >= 4 is 27.9 Å². The molecule has 94 valence electrons. The highest BCUT2D eigenvalue weighted by molar-refractivity contribution is 7.15. The Morgan fingerprint density at radius 2 is 2.35 bits per heavy atom. The van der Waals surface area contributed by atoms with E-state index in [9.17, 15) is 0 Å². The van der Waals surface area contributed by atoms with Crippen molar-refractivity contribution in [3.63, 3.8) is 0 Å². The fourth-order valence-electron chi connectivity index (χ4n) is 1.85. The summed E-state index contributed by atoms with van der Waals surface area (Å²) < 4.78 is 2.08.